The maximum atomic E-state index is 14.5. The van der Waals surface area contributed by atoms with Crippen LogP contribution in [0.2, 0.25) is 0 Å². The number of alkyl halides is 9. The average Bonchev–Trinajstić information content (AvgIpc) is 3.65. The normalized spacial score (nSPS) is 16.2. The summed E-state index contributed by atoms with van der Waals surface area (Å²) in [4.78, 5) is 27.7. The summed E-state index contributed by atoms with van der Waals surface area (Å²) in [6.45, 7) is 4.09. The van der Waals surface area contributed by atoms with Crippen LogP contribution < -0.4 is 31.4 Å². The molecule has 1 unspecified atom stereocenters. The number of amides is 2. The molecule has 0 aliphatic carbocycles. The first-order valence-electron chi connectivity index (χ1n) is 11.0. The molecule has 0 aromatic heterocycles. The quantitative estimate of drug-likeness (QED) is 0.296. The van der Waals surface area contributed by atoms with E-state index in [-0.39, 0.29) is 47.5 Å². The molecule has 0 saturated carbocycles. The van der Waals surface area contributed by atoms with E-state index < -0.39 is 40.9 Å². The van der Waals surface area contributed by atoms with E-state index in [1.807, 2.05) is 6.07 Å². The van der Waals surface area contributed by atoms with Gasteiger partial charge in [0.1, 0.15) is 0 Å². The van der Waals surface area contributed by atoms with Crippen LogP contribution in [0.3, 0.4) is 0 Å². The van der Waals surface area contributed by atoms with Gasteiger partial charge in [0.15, 0.2) is 0 Å². The molecule has 13 heteroatoms. The van der Waals surface area contributed by atoms with Crippen LogP contribution in [-0.4, -0.2) is 41.2 Å². The van der Waals surface area contributed by atoms with Crippen LogP contribution in [0.1, 0.15) is 55.2 Å². The van der Waals surface area contributed by atoms with Crippen molar-refractivity contribution in [2.75, 3.05) is 16.4 Å². The molecule has 5 nitrogen and oxygen atoms in total. The molecule has 206 valence electrons. The Balaban J connectivity index is 2.05. The molecule has 0 spiro atoms. The maximum absolute atomic E-state index is 14.5. The van der Waals surface area contributed by atoms with E-state index in [0.717, 1.165) is 22.3 Å². The van der Waals surface area contributed by atoms with Gasteiger partial charge in [-0.3, -0.25) is 0 Å². The van der Waals surface area contributed by atoms with E-state index in [4.69, 9.17) is 0 Å². The Labute approximate surface area is 224 Å². The van der Waals surface area contributed by atoms with Crippen molar-refractivity contribution in [1.29, 1.82) is 5.26 Å². The number of hydrogen-bond acceptors (Lipinski definition) is 3. The second-order valence-corrected chi connectivity index (χ2v) is 12.5. The number of aryl methyl sites for hydroxylation is 1. The summed E-state index contributed by atoms with van der Waals surface area (Å²) in [6.07, 6.45) is -12.5. The monoisotopic (exact) mass is 656 g/mol. The molecule has 1 N–H and O–H groups in total. The van der Waals surface area contributed by atoms with Crippen molar-refractivity contribution in [1.82, 2.24) is 5.32 Å². The van der Waals surface area contributed by atoms with Crippen molar-refractivity contribution in [2.24, 2.45) is 0 Å². The molecular weight excluding hydrogens is 634 g/mol. The number of nitrogens with one attached hydrogen (secondary N) is 1. The van der Waals surface area contributed by atoms with Crippen LogP contribution in [0, 0.1) is 18.3 Å². The standard InChI is InChI=1S/C25H22F7IN3O2/c1-13-10-14(23(26,24(27,28)29)25(30,31)32)8-9-18(13)36(4)21(38)16-7-5-6-15(17-11-33-17)19(16)20(37)35-22(2,3)12-34/h5-10,17H,11H2,1-4H3,(H,35,37)/q-1. The Morgan fingerprint density at radius 3 is 2.11 bits per heavy atom. The van der Waals surface area contributed by atoms with Crippen LogP contribution in [0.15, 0.2) is 36.4 Å². The molecule has 2 aromatic carbocycles. The first kappa shape index (κ1) is 29.7. The number of nitrogens with zero attached hydrogens (tertiary/aromatic N) is 2. The van der Waals surface area contributed by atoms with Gasteiger partial charge in [0, 0.05) is 0 Å². The van der Waals surface area contributed by atoms with Gasteiger partial charge in [0.2, 0.25) is 0 Å². The van der Waals surface area contributed by atoms with Gasteiger partial charge in [0.05, 0.1) is 0 Å². The number of carbonyl (C=O) groups is 2. The topological polar surface area (TPSA) is 73.2 Å². The Kier molecular flexibility index (Phi) is 7.82. The predicted molar refractivity (Wildman–Crippen MR) is 120 cm³/mol. The van der Waals surface area contributed by atoms with Crippen LogP contribution in [0.25, 0.3) is 0 Å². The number of anilines is 1. The SMILES string of the molecule is Cc1cc(C(F)(C(F)(F)F)C(F)(F)F)ccc1N(C)C(=O)c1cccc(C2C[I-]2)c1C(=O)NC(C)(C)C#N. The number of carbonyl (C=O) groups excluding carboxylic acids is 2. The molecule has 2 aromatic rings. The first-order chi connectivity index (χ1) is 17.4. The second kappa shape index (κ2) is 10.0. The predicted octanol–water partition coefficient (Wildman–Crippen LogP) is 2.74. The Bertz CT molecular complexity index is 1300. The van der Waals surface area contributed by atoms with Crippen molar-refractivity contribution in [2.45, 2.75) is 48.3 Å². The van der Waals surface area contributed by atoms with Crippen molar-refractivity contribution >= 4 is 17.5 Å². The summed E-state index contributed by atoms with van der Waals surface area (Å²) >= 11 is -0.207. The number of halogens is 8. The summed E-state index contributed by atoms with van der Waals surface area (Å²) in [5, 5.41) is 11.9. The number of benzene rings is 2. The Morgan fingerprint density at radius 1 is 1.05 bits per heavy atom. The minimum absolute atomic E-state index is 0.0546. The van der Waals surface area contributed by atoms with E-state index in [1.54, 1.807) is 12.1 Å². The van der Waals surface area contributed by atoms with Gasteiger partial charge in [-0.2, -0.15) is 26.3 Å². The fourth-order valence-corrected chi connectivity index (χ4v) is 5.59. The fraction of sp³-hybridized carbons (Fsp3) is 0.400. The molecule has 38 heavy (non-hydrogen) atoms. The summed E-state index contributed by atoms with van der Waals surface area (Å²) in [5.74, 6) is -1.43. The van der Waals surface area contributed by atoms with Gasteiger partial charge in [-0.25, -0.2) is 0 Å². The average molecular weight is 656 g/mol. The molecule has 1 aliphatic rings. The molecule has 3 rings (SSSR count). The Morgan fingerprint density at radius 2 is 1.63 bits per heavy atom. The van der Waals surface area contributed by atoms with Crippen LogP contribution in [0.5, 0.6) is 0 Å². The number of nitriles is 1. The second-order valence-electron chi connectivity index (χ2n) is 9.26. The van der Waals surface area contributed by atoms with Gasteiger partial charge in [-0.15, -0.1) is 0 Å². The van der Waals surface area contributed by atoms with Crippen molar-refractivity contribution in [3.05, 3.63) is 64.2 Å². The first-order valence-corrected chi connectivity index (χ1v) is 13.8. The van der Waals surface area contributed by atoms with E-state index in [0.29, 0.717) is 17.7 Å². The summed E-state index contributed by atoms with van der Waals surface area (Å²) < 4.78 is 94.6. The summed E-state index contributed by atoms with van der Waals surface area (Å²) in [7, 11) is 1.23. The van der Waals surface area contributed by atoms with Gasteiger partial charge in [-0.1, -0.05) is 0 Å². The molecule has 0 radical (unpaired) electrons. The van der Waals surface area contributed by atoms with Gasteiger partial charge in [0.25, 0.3) is 0 Å². The third kappa shape index (κ3) is 5.45. The molecule has 1 fully saturated rings. The van der Waals surface area contributed by atoms with Crippen LogP contribution in [-0.2, 0) is 5.67 Å². The van der Waals surface area contributed by atoms with Crippen LogP contribution in [0.4, 0.5) is 36.4 Å². The van der Waals surface area contributed by atoms with Crippen molar-refractivity contribution in [3.8, 4) is 6.07 Å². The zero-order chi connectivity index (χ0) is 28.8. The minimum atomic E-state index is -6.27. The zero-order valence-corrected chi connectivity index (χ0v) is 22.6. The number of hydrogen-bond donors (Lipinski definition) is 1. The molecule has 2 amide bonds. The Hall–Kier alpha value is -2.89. The zero-order valence-electron chi connectivity index (χ0n) is 20.5. The van der Waals surface area contributed by atoms with Crippen molar-refractivity contribution in [3.63, 3.8) is 0 Å². The molecule has 1 heterocycles. The van der Waals surface area contributed by atoms with E-state index >= 15 is 0 Å². The number of rotatable bonds is 6. The van der Waals surface area contributed by atoms with Gasteiger partial charge < -0.3 is 0 Å². The van der Waals surface area contributed by atoms with E-state index in [1.165, 1.54) is 27.0 Å². The van der Waals surface area contributed by atoms with Crippen molar-refractivity contribution < 1.29 is 61.5 Å². The third-order valence-corrected chi connectivity index (χ3v) is 8.38. The summed E-state index contributed by atoms with van der Waals surface area (Å²) in [6, 6.07) is 8.12. The van der Waals surface area contributed by atoms with E-state index in [9.17, 15) is 45.6 Å². The fourth-order valence-electron chi connectivity index (χ4n) is 3.87. The van der Waals surface area contributed by atoms with E-state index in [2.05, 4.69) is 5.32 Å². The van der Waals surface area contributed by atoms with Gasteiger partial charge in [-0.05, 0) is 0 Å². The van der Waals surface area contributed by atoms with Crippen LogP contribution >= 0.6 is 0 Å². The third-order valence-electron chi connectivity index (χ3n) is 5.95. The molecule has 1 atom stereocenters. The molecule has 1 aliphatic heterocycles. The molecule has 0 bridgehead atoms. The molecule has 1 saturated heterocycles. The van der Waals surface area contributed by atoms with Gasteiger partial charge >= 0.3 is 198 Å². The summed E-state index contributed by atoms with van der Waals surface area (Å²) in [5.41, 5.74) is -8.20. The molecular formula is C25H22F7IN3O2-.